The van der Waals surface area contributed by atoms with Gasteiger partial charge in [0.25, 0.3) is 0 Å². The quantitative estimate of drug-likeness (QED) is 0.297. The lowest BCUT2D eigenvalue weighted by Crippen LogP contribution is -2.23. The lowest BCUT2D eigenvalue weighted by atomic mass is 9.82. The first-order chi connectivity index (χ1) is 15.5. The van der Waals surface area contributed by atoms with Crippen LogP contribution in [0, 0.1) is 0 Å². The highest BCUT2D eigenvalue weighted by atomic mass is 35.5. The molecule has 4 aromatic carbocycles. The van der Waals surface area contributed by atoms with Crippen LogP contribution in [0.1, 0.15) is 31.8 Å². The number of nitrogens with one attached hydrogen (secondary N) is 2. The Morgan fingerprint density at radius 1 is 0.531 bits per heavy atom. The Balaban J connectivity index is 1.68. The van der Waals surface area contributed by atoms with Crippen molar-refractivity contribution >= 4 is 57.5 Å². The number of benzene rings is 4. The molecule has 1 aliphatic carbocycles. The zero-order valence-corrected chi connectivity index (χ0v) is 18.2. The number of rotatable bonds is 4. The van der Waals surface area contributed by atoms with Crippen LogP contribution in [0.5, 0.6) is 0 Å². The minimum Gasteiger partial charge on any atom is -0.355 e. The molecule has 0 atom stereocenters. The molecule has 0 heterocycles. The van der Waals surface area contributed by atoms with Crippen LogP contribution in [0.25, 0.3) is 0 Å². The predicted molar refractivity (Wildman–Crippen MR) is 129 cm³/mol. The van der Waals surface area contributed by atoms with Crippen molar-refractivity contribution in [3.63, 3.8) is 0 Å². The van der Waals surface area contributed by atoms with E-state index >= 15 is 0 Å². The van der Waals surface area contributed by atoms with E-state index in [4.69, 9.17) is 23.2 Å². The van der Waals surface area contributed by atoms with Crippen LogP contribution >= 0.6 is 23.2 Å². The molecule has 32 heavy (non-hydrogen) atoms. The van der Waals surface area contributed by atoms with E-state index in [1.807, 2.05) is 24.3 Å². The SMILES string of the molecule is O=C1c2ccccc2C(=O)c2c(Nc3cccc(Cl)c3)ccc(Nc3cccc(Cl)c3)c21. The van der Waals surface area contributed by atoms with E-state index in [1.165, 1.54) is 0 Å². The Labute approximate surface area is 194 Å². The first-order valence-corrected chi connectivity index (χ1v) is 10.7. The van der Waals surface area contributed by atoms with E-state index in [1.54, 1.807) is 60.7 Å². The van der Waals surface area contributed by atoms with Crippen molar-refractivity contribution in [2.45, 2.75) is 0 Å². The Morgan fingerprint density at radius 3 is 1.38 bits per heavy atom. The maximum atomic E-state index is 13.5. The molecule has 6 heteroatoms. The number of fused-ring (bicyclic) bond motifs is 2. The number of anilines is 4. The molecular formula is C26H16Cl2N2O2. The number of carbonyl (C=O) groups excluding carboxylic acids is 2. The monoisotopic (exact) mass is 458 g/mol. The van der Waals surface area contributed by atoms with Gasteiger partial charge in [-0.3, -0.25) is 9.59 Å². The molecule has 0 unspecified atom stereocenters. The third-order valence-electron chi connectivity index (χ3n) is 5.28. The fraction of sp³-hybridized carbons (Fsp3) is 0. The first kappa shape index (κ1) is 20.3. The molecule has 0 saturated carbocycles. The van der Waals surface area contributed by atoms with Gasteiger partial charge in [0, 0.05) is 32.5 Å². The van der Waals surface area contributed by atoms with Crippen molar-refractivity contribution < 1.29 is 9.59 Å². The van der Waals surface area contributed by atoms with E-state index in [-0.39, 0.29) is 11.6 Å². The molecule has 0 aromatic heterocycles. The molecule has 0 aliphatic heterocycles. The van der Waals surface area contributed by atoms with Gasteiger partial charge in [-0.15, -0.1) is 0 Å². The zero-order chi connectivity index (χ0) is 22.2. The minimum absolute atomic E-state index is 0.213. The van der Waals surface area contributed by atoms with Crippen LogP contribution in [0.15, 0.2) is 84.9 Å². The summed E-state index contributed by atoms with van der Waals surface area (Å²) in [6.45, 7) is 0. The van der Waals surface area contributed by atoms with Gasteiger partial charge in [0.1, 0.15) is 0 Å². The Hall–Kier alpha value is -3.60. The van der Waals surface area contributed by atoms with Crippen molar-refractivity contribution in [3.8, 4) is 0 Å². The molecule has 0 fully saturated rings. The Kier molecular flexibility index (Phi) is 5.17. The maximum Gasteiger partial charge on any atom is 0.196 e. The van der Waals surface area contributed by atoms with Crippen molar-refractivity contribution in [2.75, 3.05) is 10.6 Å². The molecule has 0 saturated heterocycles. The van der Waals surface area contributed by atoms with Crippen molar-refractivity contribution in [2.24, 2.45) is 0 Å². The van der Waals surface area contributed by atoms with Gasteiger partial charge in [-0.1, -0.05) is 59.6 Å². The van der Waals surface area contributed by atoms with Gasteiger partial charge in [-0.05, 0) is 48.5 Å². The van der Waals surface area contributed by atoms with Gasteiger partial charge in [0.05, 0.1) is 22.5 Å². The summed E-state index contributed by atoms with van der Waals surface area (Å²) in [6, 6.07) is 24.8. The van der Waals surface area contributed by atoms with Crippen molar-refractivity contribution in [1.29, 1.82) is 0 Å². The second-order valence-corrected chi connectivity index (χ2v) is 8.26. The van der Waals surface area contributed by atoms with Gasteiger partial charge in [-0.25, -0.2) is 0 Å². The van der Waals surface area contributed by atoms with Gasteiger partial charge >= 0.3 is 0 Å². The van der Waals surface area contributed by atoms with Crippen LogP contribution in [0.3, 0.4) is 0 Å². The third kappa shape index (κ3) is 3.64. The van der Waals surface area contributed by atoms with Crippen LogP contribution in [-0.4, -0.2) is 11.6 Å². The molecule has 1 aliphatic rings. The summed E-state index contributed by atoms with van der Waals surface area (Å²) in [7, 11) is 0. The summed E-state index contributed by atoms with van der Waals surface area (Å²) < 4.78 is 0. The maximum absolute atomic E-state index is 13.5. The molecule has 0 bridgehead atoms. The van der Waals surface area contributed by atoms with Crippen LogP contribution in [-0.2, 0) is 0 Å². The topological polar surface area (TPSA) is 58.2 Å². The highest BCUT2D eigenvalue weighted by molar-refractivity contribution is 6.33. The molecule has 4 aromatic rings. The summed E-state index contributed by atoms with van der Waals surface area (Å²) in [5.41, 5.74) is 3.92. The van der Waals surface area contributed by atoms with Crippen molar-refractivity contribution in [3.05, 3.63) is 117 Å². The molecule has 2 N–H and O–H groups in total. The van der Waals surface area contributed by atoms with E-state index in [0.717, 1.165) is 0 Å². The second kappa shape index (κ2) is 8.15. The smallest absolute Gasteiger partial charge is 0.196 e. The zero-order valence-electron chi connectivity index (χ0n) is 16.7. The normalized spacial score (nSPS) is 12.2. The summed E-state index contributed by atoms with van der Waals surface area (Å²) >= 11 is 12.2. The Morgan fingerprint density at radius 2 is 0.969 bits per heavy atom. The number of hydrogen-bond acceptors (Lipinski definition) is 4. The first-order valence-electron chi connectivity index (χ1n) is 9.92. The molecule has 0 spiro atoms. The molecule has 156 valence electrons. The van der Waals surface area contributed by atoms with Crippen LogP contribution in [0.4, 0.5) is 22.7 Å². The highest BCUT2D eigenvalue weighted by Crippen LogP contribution is 2.38. The molecule has 4 nitrogen and oxygen atoms in total. The lowest BCUT2D eigenvalue weighted by Gasteiger charge is -2.24. The molecule has 0 radical (unpaired) electrons. The number of ketones is 2. The number of carbonyl (C=O) groups is 2. The van der Waals surface area contributed by atoms with Gasteiger partial charge < -0.3 is 10.6 Å². The summed E-state index contributed by atoms with van der Waals surface area (Å²) in [6.07, 6.45) is 0. The fourth-order valence-corrected chi connectivity index (χ4v) is 4.26. The van der Waals surface area contributed by atoms with Crippen LogP contribution in [0.2, 0.25) is 10.0 Å². The van der Waals surface area contributed by atoms with E-state index < -0.39 is 0 Å². The predicted octanol–water partition coefficient (Wildman–Crippen LogP) is 7.26. The van der Waals surface area contributed by atoms with E-state index in [2.05, 4.69) is 10.6 Å². The minimum atomic E-state index is -0.213. The Bertz CT molecular complexity index is 1290. The van der Waals surface area contributed by atoms with Crippen LogP contribution < -0.4 is 10.6 Å². The third-order valence-corrected chi connectivity index (χ3v) is 5.75. The fourth-order valence-electron chi connectivity index (χ4n) is 3.87. The second-order valence-electron chi connectivity index (χ2n) is 7.39. The largest absolute Gasteiger partial charge is 0.355 e. The van der Waals surface area contributed by atoms with Gasteiger partial charge in [0.15, 0.2) is 11.6 Å². The molecule has 5 rings (SSSR count). The standard InChI is InChI=1S/C26H16Cl2N2O2/c27-15-5-3-7-17(13-15)29-21-11-12-22(30-18-8-4-6-16(28)14-18)24-23(21)25(31)19-9-1-2-10-20(19)26(24)32/h1-14,29-30H. The number of hydrogen-bond donors (Lipinski definition) is 2. The van der Waals surface area contributed by atoms with Gasteiger partial charge in [0.2, 0.25) is 0 Å². The summed E-state index contributed by atoms with van der Waals surface area (Å²) in [5, 5.41) is 7.63. The average molecular weight is 459 g/mol. The molecule has 0 amide bonds. The van der Waals surface area contributed by atoms with E-state index in [0.29, 0.717) is 55.0 Å². The summed E-state index contributed by atoms with van der Waals surface area (Å²) in [4.78, 5) is 27.0. The average Bonchev–Trinajstić information content (AvgIpc) is 2.78. The lowest BCUT2D eigenvalue weighted by molar-refractivity contribution is 0.0980. The molecular weight excluding hydrogens is 443 g/mol. The summed E-state index contributed by atoms with van der Waals surface area (Å²) in [5.74, 6) is -0.427. The number of halogens is 2. The highest BCUT2D eigenvalue weighted by Gasteiger charge is 2.34. The van der Waals surface area contributed by atoms with Gasteiger partial charge in [-0.2, -0.15) is 0 Å². The van der Waals surface area contributed by atoms with Crippen molar-refractivity contribution in [1.82, 2.24) is 0 Å². The van der Waals surface area contributed by atoms with E-state index in [9.17, 15) is 9.59 Å².